The van der Waals surface area contributed by atoms with Gasteiger partial charge in [-0.2, -0.15) is 10.5 Å². The van der Waals surface area contributed by atoms with Gasteiger partial charge in [-0.15, -0.1) is 9.69 Å². The summed E-state index contributed by atoms with van der Waals surface area (Å²) in [6, 6.07) is 23.2. The predicted molar refractivity (Wildman–Crippen MR) is 150 cm³/mol. The predicted octanol–water partition coefficient (Wildman–Crippen LogP) is 6.18. The normalized spacial score (nSPS) is 10.7. The van der Waals surface area contributed by atoms with Crippen LogP contribution < -0.4 is 11.1 Å². The Bertz CT molecular complexity index is 2110. The Balaban J connectivity index is 1.90. The fourth-order valence-corrected chi connectivity index (χ4v) is 4.76. The lowest BCUT2D eigenvalue weighted by Gasteiger charge is -2.13. The van der Waals surface area contributed by atoms with Gasteiger partial charge in [0.25, 0.3) is 0 Å². The van der Waals surface area contributed by atoms with Crippen molar-refractivity contribution < 1.29 is 8.83 Å². The quantitative estimate of drug-likeness (QED) is 0.255. The highest BCUT2D eigenvalue weighted by Gasteiger charge is 2.23. The monoisotopic (exact) mass is 516 g/mol. The van der Waals surface area contributed by atoms with Gasteiger partial charge in [-0.25, -0.2) is 9.97 Å². The van der Waals surface area contributed by atoms with E-state index >= 15 is 0 Å². The average Bonchev–Trinajstić information content (AvgIpc) is 3.57. The van der Waals surface area contributed by atoms with Crippen LogP contribution in [0.5, 0.6) is 0 Å². The molecule has 0 fully saturated rings. The summed E-state index contributed by atoms with van der Waals surface area (Å²) in [5.41, 5.74) is 6.70. The molecular weight excluding hydrogens is 500 g/mol. The van der Waals surface area contributed by atoms with Gasteiger partial charge in [-0.3, -0.25) is 0 Å². The maximum absolute atomic E-state index is 9.46. The number of hydrogen-bond donors (Lipinski definition) is 0. The highest BCUT2D eigenvalue weighted by molar-refractivity contribution is 6.19. The minimum absolute atomic E-state index is 0.0491. The molecule has 0 saturated heterocycles. The summed E-state index contributed by atoms with van der Waals surface area (Å²) >= 11 is 0. The SMILES string of the molecule is [C-]#[N+]C([N+]#[C-])=c1nc2cc3c(-c4ccc(C)cc4)c4oc(=C(C#N)C#N)nc4cc3c(-c3ccc(C)cc3)c2o1. The number of aromatic nitrogens is 2. The Labute approximate surface area is 227 Å². The van der Waals surface area contributed by atoms with E-state index in [1.165, 1.54) is 0 Å². The van der Waals surface area contributed by atoms with E-state index in [-0.39, 0.29) is 22.5 Å². The van der Waals surface area contributed by atoms with Crippen molar-refractivity contribution in [3.05, 3.63) is 106 Å². The molecular formula is C32H16N6O2. The molecule has 6 rings (SSSR count). The van der Waals surface area contributed by atoms with Gasteiger partial charge in [0.1, 0.15) is 36.3 Å². The molecule has 0 radical (unpaired) electrons. The summed E-state index contributed by atoms with van der Waals surface area (Å²) in [6.45, 7) is 18.8. The maximum atomic E-state index is 9.46. The largest absolute Gasteiger partial charge is 0.582 e. The van der Waals surface area contributed by atoms with Crippen molar-refractivity contribution in [1.29, 1.82) is 10.5 Å². The van der Waals surface area contributed by atoms with Crippen molar-refractivity contribution in [3.63, 3.8) is 0 Å². The van der Waals surface area contributed by atoms with Gasteiger partial charge in [0.05, 0.1) is 0 Å². The molecule has 0 bridgehead atoms. The second-order valence-electron chi connectivity index (χ2n) is 9.21. The molecule has 0 N–H and O–H groups in total. The Morgan fingerprint density at radius 3 is 1.55 bits per heavy atom. The van der Waals surface area contributed by atoms with Crippen molar-refractivity contribution >= 4 is 44.4 Å². The number of oxazole rings is 2. The number of benzene rings is 4. The third kappa shape index (κ3) is 3.74. The lowest BCUT2D eigenvalue weighted by molar-refractivity contribution is 0.559. The van der Waals surface area contributed by atoms with E-state index in [0.717, 1.165) is 33.0 Å². The molecule has 2 heterocycles. The van der Waals surface area contributed by atoms with Gasteiger partial charge in [0, 0.05) is 11.1 Å². The molecule has 0 aliphatic heterocycles. The molecule has 0 aliphatic carbocycles. The van der Waals surface area contributed by atoms with E-state index in [1.54, 1.807) is 0 Å². The molecule has 0 unspecified atom stereocenters. The van der Waals surface area contributed by atoms with Crippen molar-refractivity contribution in [2.24, 2.45) is 0 Å². The highest BCUT2D eigenvalue weighted by Crippen LogP contribution is 2.43. The molecule has 8 nitrogen and oxygen atoms in total. The van der Waals surface area contributed by atoms with Crippen LogP contribution in [0.25, 0.3) is 76.3 Å². The number of aryl methyl sites for hydroxylation is 2. The minimum Gasteiger partial charge on any atom is -0.440 e. The number of nitriles is 2. The Morgan fingerprint density at radius 1 is 0.700 bits per heavy atom. The van der Waals surface area contributed by atoms with E-state index < -0.39 is 0 Å². The molecule has 40 heavy (non-hydrogen) atoms. The third-order valence-electron chi connectivity index (χ3n) is 6.67. The first-order chi connectivity index (χ1) is 19.4. The van der Waals surface area contributed by atoms with E-state index in [4.69, 9.17) is 22.0 Å². The molecule has 6 aromatic rings. The van der Waals surface area contributed by atoms with Crippen LogP contribution in [0.4, 0.5) is 0 Å². The summed E-state index contributed by atoms with van der Waals surface area (Å²) in [4.78, 5) is 15.6. The summed E-state index contributed by atoms with van der Waals surface area (Å²) in [5.74, 6) is -0.259. The molecule has 0 aliphatic rings. The van der Waals surface area contributed by atoms with Crippen molar-refractivity contribution in [2.75, 3.05) is 0 Å². The van der Waals surface area contributed by atoms with Crippen LogP contribution in [0, 0.1) is 49.7 Å². The van der Waals surface area contributed by atoms with Crippen LogP contribution in [0.15, 0.2) is 69.5 Å². The van der Waals surface area contributed by atoms with Gasteiger partial charge >= 0.3 is 11.4 Å². The molecule has 2 aromatic heterocycles. The zero-order valence-corrected chi connectivity index (χ0v) is 21.3. The molecule has 186 valence electrons. The Morgan fingerprint density at radius 2 is 1.12 bits per heavy atom. The van der Waals surface area contributed by atoms with Crippen molar-refractivity contribution in [2.45, 2.75) is 13.8 Å². The molecule has 8 heteroatoms. The zero-order chi connectivity index (χ0) is 28.0. The number of hydrogen-bond acceptors (Lipinski definition) is 6. The fourth-order valence-electron chi connectivity index (χ4n) is 4.76. The molecule has 0 spiro atoms. The lowest BCUT2D eigenvalue weighted by Crippen LogP contribution is -2.03. The van der Waals surface area contributed by atoms with Crippen LogP contribution >= 0.6 is 0 Å². The molecule has 0 amide bonds. The van der Waals surface area contributed by atoms with Gasteiger partial charge in [0.2, 0.25) is 5.55 Å². The van der Waals surface area contributed by atoms with Gasteiger partial charge < -0.3 is 8.83 Å². The first-order valence-corrected chi connectivity index (χ1v) is 12.1. The third-order valence-corrected chi connectivity index (χ3v) is 6.67. The molecule has 0 atom stereocenters. The summed E-state index contributed by atoms with van der Waals surface area (Å²) in [5, 5.41) is 20.5. The summed E-state index contributed by atoms with van der Waals surface area (Å²) in [6.07, 6.45) is 0. The number of rotatable bonds is 2. The van der Waals surface area contributed by atoms with Crippen LogP contribution in [0.3, 0.4) is 0 Å². The van der Waals surface area contributed by atoms with Gasteiger partial charge in [0.15, 0.2) is 16.7 Å². The van der Waals surface area contributed by atoms with Gasteiger partial charge in [-0.05, 0) is 47.9 Å². The second kappa shape index (κ2) is 9.26. The molecule has 4 aromatic carbocycles. The Hall–Kier alpha value is -6.22. The zero-order valence-electron chi connectivity index (χ0n) is 21.3. The van der Waals surface area contributed by atoms with Crippen LogP contribution in [-0.2, 0) is 0 Å². The van der Waals surface area contributed by atoms with Crippen LogP contribution in [0.2, 0.25) is 0 Å². The van der Waals surface area contributed by atoms with E-state index in [1.807, 2.05) is 86.6 Å². The first kappa shape index (κ1) is 24.1. The lowest BCUT2D eigenvalue weighted by atomic mass is 9.91. The van der Waals surface area contributed by atoms with Gasteiger partial charge in [-0.1, -0.05) is 59.7 Å². The minimum atomic E-state index is -0.259. The summed E-state index contributed by atoms with van der Waals surface area (Å²) in [7, 11) is 0. The molecule has 0 saturated carbocycles. The van der Waals surface area contributed by atoms with Crippen molar-refractivity contribution in [3.8, 4) is 34.4 Å². The first-order valence-electron chi connectivity index (χ1n) is 12.1. The van der Waals surface area contributed by atoms with E-state index in [2.05, 4.69) is 19.7 Å². The van der Waals surface area contributed by atoms with E-state index in [0.29, 0.717) is 33.3 Å². The highest BCUT2D eigenvalue weighted by atomic mass is 16.3. The van der Waals surface area contributed by atoms with Crippen molar-refractivity contribution in [1.82, 2.24) is 9.97 Å². The fraction of sp³-hybridized carbons (Fsp3) is 0.0625. The summed E-state index contributed by atoms with van der Waals surface area (Å²) < 4.78 is 12.1. The smallest absolute Gasteiger partial charge is 0.440 e. The standard InChI is InChI=1S/C32H16N6O2/c1-17-5-9-19(10-6-17)26-23-14-25-29(40-32(38-25)30(35-3)36-4)27(20-11-7-18(2)8-12-20)22(23)13-24-28(26)39-31(37-24)21(15-33)16-34/h5-14H,1-2H3. The average molecular weight is 517 g/mol. The topological polar surface area (TPSA) is 108 Å². The van der Waals surface area contributed by atoms with Crippen LogP contribution in [0.1, 0.15) is 11.1 Å². The second-order valence-corrected chi connectivity index (χ2v) is 9.21. The van der Waals surface area contributed by atoms with E-state index in [9.17, 15) is 10.5 Å². The number of nitrogens with zero attached hydrogens (tertiary/aromatic N) is 6. The van der Waals surface area contributed by atoms with Crippen LogP contribution in [-0.4, -0.2) is 9.97 Å². The Kier molecular flexibility index (Phi) is 5.59. The number of fused-ring (bicyclic) bond motifs is 3. The maximum Gasteiger partial charge on any atom is 0.582 e.